The molecule has 1 unspecified atom stereocenters. The zero-order valence-electron chi connectivity index (χ0n) is 26.0. The molecule has 3 heterocycles. The highest BCUT2D eigenvalue weighted by Crippen LogP contribution is 2.38. The molecule has 242 valence electrons. The number of fused-ring (bicyclic) bond motifs is 2. The summed E-state index contributed by atoms with van der Waals surface area (Å²) < 4.78 is 35.6. The lowest BCUT2D eigenvalue weighted by molar-refractivity contribution is 0.0145. The molecule has 3 atom stereocenters. The number of ether oxygens (including phenoxy) is 1. The van der Waals surface area contributed by atoms with Gasteiger partial charge in [-0.25, -0.2) is 23.1 Å². The summed E-state index contributed by atoms with van der Waals surface area (Å²) in [5, 5.41) is 15.5. The number of aliphatic hydroxyl groups excluding tert-OH is 1. The van der Waals surface area contributed by atoms with Crippen LogP contribution >= 0.6 is 0 Å². The molecule has 2 aromatic heterocycles. The van der Waals surface area contributed by atoms with Crippen molar-refractivity contribution in [2.24, 2.45) is 5.73 Å². The van der Waals surface area contributed by atoms with Gasteiger partial charge in [0.2, 0.25) is 0 Å². The first-order valence-corrected chi connectivity index (χ1v) is 15.3. The number of methoxy groups -OCH3 is 1. The molecule has 3 aromatic carbocycles. The van der Waals surface area contributed by atoms with Crippen molar-refractivity contribution in [1.82, 2.24) is 19.8 Å². The molecule has 47 heavy (non-hydrogen) atoms. The zero-order valence-corrected chi connectivity index (χ0v) is 26.0. The Hall–Kier alpha value is -5.13. The van der Waals surface area contributed by atoms with E-state index in [-0.39, 0.29) is 28.9 Å². The minimum Gasteiger partial charge on any atom is -0.497 e. The number of aliphatic hydroxyl groups is 1. The van der Waals surface area contributed by atoms with Crippen LogP contribution in [0.1, 0.15) is 44.2 Å². The molecular weight excluding hydrogens is 604 g/mol. The normalized spacial score (nSPS) is 16.0. The quantitative estimate of drug-likeness (QED) is 0.210. The van der Waals surface area contributed by atoms with Crippen LogP contribution in [0.5, 0.6) is 5.75 Å². The van der Waals surface area contributed by atoms with Crippen molar-refractivity contribution in [3.63, 3.8) is 0 Å². The van der Waals surface area contributed by atoms with Crippen LogP contribution in [0.25, 0.3) is 11.0 Å². The van der Waals surface area contributed by atoms with Gasteiger partial charge >= 0.3 is 6.03 Å². The first-order chi connectivity index (χ1) is 22.7. The smallest absolute Gasteiger partial charge is 0.327 e. The number of amides is 2. The SMILES string of the molecule is CNC(=O)n1c([C@H](Cc2cc(F)cc(F)c2)[C@H](O)C2Cc3ccccc3CN2Cc2ccc(OC)cc2)c(C(N)=O)c2cccnc21. The lowest BCUT2D eigenvalue weighted by Crippen LogP contribution is -2.50. The summed E-state index contributed by atoms with van der Waals surface area (Å²) in [5.74, 6) is -2.72. The summed E-state index contributed by atoms with van der Waals surface area (Å²) in [7, 11) is 3.04. The van der Waals surface area contributed by atoms with Gasteiger partial charge in [0.1, 0.15) is 23.0 Å². The Morgan fingerprint density at radius 3 is 2.38 bits per heavy atom. The lowest BCUT2D eigenvalue weighted by atomic mass is 9.80. The Bertz CT molecular complexity index is 1920. The number of nitrogens with one attached hydrogen (secondary N) is 1. The molecule has 0 radical (unpaired) electrons. The van der Waals surface area contributed by atoms with Crippen molar-refractivity contribution in [3.05, 3.63) is 130 Å². The van der Waals surface area contributed by atoms with E-state index in [0.717, 1.165) is 22.8 Å². The maximum absolute atomic E-state index is 14.5. The van der Waals surface area contributed by atoms with Crippen LogP contribution in [-0.4, -0.2) is 57.8 Å². The molecule has 0 bridgehead atoms. The van der Waals surface area contributed by atoms with Crippen molar-refractivity contribution in [2.45, 2.75) is 44.0 Å². The van der Waals surface area contributed by atoms with Crippen LogP contribution < -0.4 is 15.8 Å². The number of nitrogens with two attached hydrogens (primary N) is 1. The molecule has 9 nitrogen and oxygen atoms in total. The van der Waals surface area contributed by atoms with Gasteiger partial charge in [-0.15, -0.1) is 0 Å². The Morgan fingerprint density at radius 2 is 1.72 bits per heavy atom. The van der Waals surface area contributed by atoms with E-state index in [9.17, 15) is 23.5 Å². The van der Waals surface area contributed by atoms with Gasteiger partial charge < -0.3 is 20.9 Å². The van der Waals surface area contributed by atoms with Crippen molar-refractivity contribution >= 4 is 23.0 Å². The number of benzene rings is 3. The van der Waals surface area contributed by atoms with E-state index >= 15 is 0 Å². The molecule has 2 amide bonds. The number of hydrogen-bond acceptors (Lipinski definition) is 6. The third kappa shape index (κ3) is 6.32. The fourth-order valence-electron chi connectivity index (χ4n) is 6.77. The van der Waals surface area contributed by atoms with Crippen LogP contribution in [0.2, 0.25) is 0 Å². The van der Waals surface area contributed by atoms with Gasteiger partial charge in [-0.3, -0.25) is 9.69 Å². The number of primary amides is 1. The molecule has 6 rings (SSSR count). The number of rotatable bonds is 9. The van der Waals surface area contributed by atoms with Gasteiger partial charge in [0.05, 0.1) is 18.8 Å². The van der Waals surface area contributed by atoms with Crippen molar-refractivity contribution in [3.8, 4) is 5.75 Å². The first kappa shape index (κ1) is 31.8. The number of pyridine rings is 1. The van der Waals surface area contributed by atoms with Crippen LogP contribution in [0, 0.1) is 11.6 Å². The number of carbonyl (C=O) groups excluding carboxylic acids is 2. The first-order valence-electron chi connectivity index (χ1n) is 15.3. The van der Waals surface area contributed by atoms with E-state index in [0.29, 0.717) is 30.6 Å². The average Bonchev–Trinajstić information content (AvgIpc) is 3.41. The van der Waals surface area contributed by atoms with Crippen LogP contribution in [-0.2, 0) is 25.9 Å². The maximum Gasteiger partial charge on any atom is 0.327 e. The molecule has 4 N–H and O–H groups in total. The average molecular weight is 640 g/mol. The topological polar surface area (TPSA) is 123 Å². The van der Waals surface area contributed by atoms with Gasteiger partial charge in [0.15, 0.2) is 0 Å². The molecule has 1 aliphatic heterocycles. The highest BCUT2D eigenvalue weighted by Gasteiger charge is 2.41. The predicted molar refractivity (Wildman–Crippen MR) is 173 cm³/mol. The van der Waals surface area contributed by atoms with E-state index in [2.05, 4.69) is 15.2 Å². The molecule has 0 aliphatic carbocycles. The summed E-state index contributed by atoms with van der Waals surface area (Å²) in [6, 6.07) is 20.8. The molecule has 0 fully saturated rings. The molecule has 1 aliphatic rings. The van der Waals surface area contributed by atoms with Crippen molar-refractivity contribution in [1.29, 1.82) is 0 Å². The number of aromatic nitrogens is 2. The molecule has 0 saturated carbocycles. The Balaban J connectivity index is 1.53. The summed E-state index contributed by atoms with van der Waals surface area (Å²) in [6.07, 6.45) is 0.557. The van der Waals surface area contributed by atoms with E-state index in [1.165, 1.54) is 29.9 Å². The van der Waals surface area contributed by atoms with Gasteiger partial charge in [0, 0.05) is 55.4 Å². The largest absolute Gasteiger partial charge is 0.497 e. The number of halogens is 2. The van der Waals surface area contributed by atoms with Gasteiger partial charge in [-0.2, -0.15) is 0 Å². The third-order valence-electron chi connectivity index (χ3n) is 8.90. The van der Waals surface area contributed by atoms with Crippen molar-refractivity contribution < 1.29 is 28.2 Å². The fourth-order valence-corrected chi connectivity index (χ4v) is 6.77. The summed E-state index contributed by atoms with van der Waals surface area (Å²) in [5.41, 5.74) is 9.64. The Labute approximate surface area is 270 Å². The van der Waals surface area contributed by atoms with Crippen LogP contribution in [0.3, 0.4) is 0 Å². The molecule has 0 spiro atoms. The number of carbonyl (C=O) groups is 2. The van der Waals surface area contributed by atoms with E-state index < -0.39 is 41.6 Å². The second kappa shape index (κ2) is 13.3. The number of hydrogen-bond donors (Lipinski definition) is 3. The highest BCUT2D eigenvalue weighted by molar-refractivity contribution is 6.09. The van der Waals surface area contributed by atoms with Gasteiger partial charge in [0.25, 0.3) is 5.91 Å². The monoisotopic (exact) mass is 639 g/mol. The highest BCUT2D eigenvalue weighted by atomic mass is 19.1. The fraction of sp³-hybridized carbons (Fsp3) is 0.250. The minimum absolute atomic E-state index is 0.00976. The standard InChI is InChI=1S/C36H35F2N5O4/c1-40-36(46)43-32(31(34(39)45)28-8-5-13-41-35(28)43)29(16-22-14-25(37)18-26(38)15-22)33(44)30-17-23-6-3-4-7-24(23)20-42(30)19-21-9-11-27(47-2)12-10-21/h3-15,18,29-30,33,44H,16-17,19-20H2,1-2H3,(H2,39,45)(H,40,46)/t29-,30?,33-/m0/s1. The summed E-state index contributed by atoms with van der Waals surface area (Å²) in [6.45, 7) is 0.970. The van der Waals surface area contributed by atoms with E-state index in [1.807, 2.05) is 48.5 Å². The lowest BCUT2D eigenvalue weighted by Gasteiger charge is -2.42. The van der Waals surface area contributed by atoms with Gasteiger partial charge in [-0.05, 0) is 71.5 Å². The molecular formula is C36H35F2N5O4. The molecule has 11 heteroatoms. The van der Waals surface area contributed by atoms with Crippen LogP contribution in [0.4, 0.5) is 13.6 Å². The minimum atomic E-state index is -1.25. The summed E-state index contributed by atoms with van der Waals surface area (Å²) >= 11 is 0. The zero-order chi connectivity index (χ0) is 33.2. The Morgan fingerprint density at radius 1 is 1.02 bits per heavy atom. The molecule has 5 aromatic rings. The second-order valence-corrected chi connectivity index (χ2v) is 11.8. The van der Waals surface area contributed by atoms with E-state index in [4.69, 9.17) is 10.5 Å². The third-order valence-corrected chi connectivity index (χ3v) is 8.90. The predicted octanol–water partition coefficient (Wildman–Crippen LogP) is 4.92. The molecule has 0 saturated heterocycles. The van der Waals surface area contributed by atoms with Crippen molar-refractivity contribution in [2.75, 3.05) is 14.2 Å². The second-order valence-electron chi connectivity index (χ2n) is 11.8. The summed E-state index contributed by atoms with van der Waals surface area (Å²) in [4.78, 5) is 33.2. The Kier molecular flexibility index (Phi) is 9.01. The number of nitrogens with zero attached hydrogens (tertiary/aromatic N) is 3. The van der Waals surface area contributed by atoms with E-state index in [1.54, 1.807) is 19.2 Å². The van der Waals surface area contributed by atoms with Gasteiger partial charge in [-0.1, -0.05) is 36.4 Å². The maximum atomic E-state index is 14.5. The van der Waals surface area contributed by atoms with Crippen LogP contribution in [0.15, 0.2) is 85.1 Å².